The SMILES string of the molecule is Cc1cc(OCCc2nc(-c3ccccc3)oc2C)ccc1CC1(C(=O)O)OCCCO1. The predicted octanol–water partition coefficient (Wildman–Crippen LogP) is 4.34. The van der Waals surface area contributed by atoms with Gasteiger partial charge in [0.2, 0.25) is 5.89 Å². The van der Waals surface area contributed by atoms with Crippen molar-refractivity contribution in [2.75, 3.05) is 19.8 Å². The molecule has 0 atom stereocenters. The third-order valence-electron chi connectivity index (χ3n) is 5.54. The second kappa shape index (κ2) is 9.54. The molecule has 0 bridgehead atoms. The Hall–Kier alpha value is -3.16. The molecule has 1 aliphatic rings. The number of carboxylic acids is 1. The maximum absolute atomic E-state index is 11.8. The molecule has 1 N–H and O–H groups in total. The van der Waals surface area contributed by atoms with Crippen LogP contribution in [0.3, 0.4) is 0 Å². The first-order valence-corrected chi connectivity index (χ1v) is 10.7. The van der Waals surface area contributed by atoms with Crippen molar-refractivity contribution in [1.82, 2.24) is 4.98 Å². The number of ether oxygens (including phenoxy) is 3. The Labute approximate surface area is 186 Å². The summed E-state index contributed by atoms with van der Waals surface area (Å²) in [7, 11) is 0. The molecule has 7 nitrogen and oxygen atoms in total. The number of carboxylic acid groups (broad SMARTS) is 1. The fourth-order valence-corrected chi connectivity index (χ4v) is 3.71. The summed E-state index contributed by atoms with van der Waals surface area (Å²) >= 11 is 0. The zero-order valence-corrected chi connectivity index (χ0v) is 18.3. The third-order valence-corrected chi connectivity index (χ3v) is 5.54. The second-order valence-corrected chi connectivity index (χ2v) is 7.86. The third kappa shape index (κ3) is 4.84. The van der Waals surface area contributed by atoms with E-state index in [1.807, 2.05) is 62.4 Å². The quantitative estimate of drug-likeness (QED) is 0.560. The normalized spacial score (nSPS) is 15.4. The van der Waals surface area contributed by atoms with E-state index < -0.39 is 11.8 Å². The molecule has 2 aromatic carbocycles. The molecule has 7 heteroatoms. The fraction of sp³-hybridized carbons (Fsp3) is 0.360. The molecule has 1 aliphatic heterocycles. The Morgan fingerprint density at radius 1 is 1.12 bits per heavy atom. The van der Waals surface area contributed by atoms with Gasteiger partial charge in [0.15, 0.2) is 0 Å². The van der Waals surface area contributed by atoms with Crippen molar-refractivity contribution < 1.29 is 28.5 Å². The average Bonchev–Trinajstić information content (AvgIpc) is 3.17. The summed E-state index contributed by atoms with van der Waals surface area (Å²) in [6, 6.07) is 15.4. The predicted molar refractivity (Wildman–Crippen MR) is 118 cm³/mol. The first-order chi connectivity index (χ1) is 15.5. The molecule has 0 unspecified atom stereocenters. The van der Waals surface area contributed by atoms with E-state index in [0.717, 1.165) is 28.1 Å². The monoisotopic (exact) mass is 437 g/mol. The molecule has 2 heterocycles. The van der Waals surface area contributed by atoms with Gasteiger partial charge in [0.05, 0.1) is 25.5 Å². The Morgan fingerprint density at radius 2 is 1.88 bits per heavy atom. The standard InChI is InChI=1S/C25H27NO6/c1-17-15-21(10-9-20(17)16-25(24(27)28)30-12-6-13-31-25)29-14-11-22-18(2)32-23(26-22)19-7-4-3-5-8-19/h3-5,7-10,15H,6,11-14,16H2,1-2H3,(H,27,28). The van der Waals surface area contributed by atoms with Crippen LogP contribution in [-0.4, -0.2) is 41.7 Å². The molecule has 0 radical (unpaired) electrons. The van der Waals surface area contributed by atoms with Gasteiger partial charge in [-0.15, -0.1) is 0 Å². The van der Waals surface area contributed by atoms with Crippen molar-refractivity contribution in [1.29, 1.82) is 0 Å². The summed E-state index contributed by atoms with van der Waals surface area (Å²) in [5, 5.41) is 9.63. The molecule has 32 heavy (non-hydrogen) atoms. The molecule has 0 saturated carbocycles. The van der Waals surface area contributed by atoms with E-state index in [9.17, 15) is 9.90 Å². The van der Waals surface area contributed by atoms with Gasteiger partial charge in [-0.25, -0.2) is 9.78 Å². The minimum absolute atomic E-state index is 0.148. The van der Waals surface area contributed by atoms with E-state index in [-0.39, 0.29) is 6.42 Å². The van der Waals surface area contributed by atoms with E-state index in [1.54, 1.807) is 0 Å². The van der Waals surface area contributed by atoms with Crippen molar-refractivity contribution in [2.45, 2.75) is 38.9 Å². The van der Waals surface area contributed by atoms with Crippen LogP contribution >= 0.6 is 0 Å². The highest BCUT2D eigenvalue weighted by Gasteiger charge is 2.43. The number of aryl methyl sites for hydroxylation is 2. The van der Waals surface area contributed by atoms with Crippen LogP contribution in [0.5, 0.6) is 5.75 Å². The van der Waals surface area contributed by atoms with Crippen molar-refractivity contribution in [3.8, 4) is 17.2 Å². The van der Waals surface area contributed by atoms with E-state index in [1.165, 1.54) is 0 Å². The topological polar surface area (TPSA) is 91.0 Å². The highest BCUT2D eigenvalue weighted by Crippen LogP contribution is 2.28. The Kier molecular flexibility index (Phi) is 6.58. The number of hydrogen-bond donors (Lipinski definition) is 1. The maximum Gasteiger partial charge on any atom is 0.364 e. The van der Waals surface area contributed by atoms with Gasteiger partial charge in [0.1, 0.15) is 11.5 Å². The maximum atomic E-state index is 11.8. The molecule has 3 aromatic rings. The van der Waals surface area contributed by atoms with Crippen molar-refractivity contribution in [3.05, 3.63) is 71.1 Å². The van der Waals surface area contributed by atoms with Gasteiger partial charge in [-0.05, 0) is 55.7 Å². The lowest BCUT2D eigenvalue weighted by atomic mass is 9.99. The van der Waals surface area contributed by atoms with E-state index >= 15 is 0 Å². The van der Waals surface area contributed by atoms with Gasteiger partial charge in [0, 0.05) is 18.4 Å². The minimum atomic E-state index is -1.62. The zero-order valence-electron chi connectivity index (χ0n) is 18.3. The lowest BCUT2D eigenvalue weighted by molar-refractivity contribution is -0.265. The minimum Gasteiger partial charge on any atom is -0.493 e. The molecule has 0 spiro atoms. The summed E-state index contributed by atoms with van der Waals surface area (Å²) in [5.41, 5.74) is 3.58. The Morgan fingerprint density at radius 3 is 2.56 bits per heavy atom. The highest BCUT2D eigenvalue weighted by molar-refractivity contribution is 5.76. The molecule has 4 rings (SSSR count). The second-order valence-electron chi connectivity index (χ2n) is 7.86. The number of oxazole rings is 1. The lowest BCUT2D eigenvalue weighted by Gasteiger charge is -2.33. The molecule has 168 valence electrons. The van der Waals surface area contributed by atoms with Gasteiger partial charge in [-0.1, -0.05) is 24.3 Å². The van der Waals surface area contributed by atoms with E-state index in [2.05, 4.69) is 4.98 Å². The smallest absolute Gasteiger partial charge is 0.364 e. The summed E-state index contributed by atoms with van der Waals surface area (Å²) in [6.45, 7) is 5.03. The summed E-state index contributed by atoms with van der Waals surface area (Å²) in [5.74, 6) is -0.615. The average molecular weight is 437 g/mol. The van der Waals surface area contributed by atoms with Crippen molar-refractivity contribution in [3.63, 3.8) is 0 Å². The van der Waals surface area contributed by atoms with Crippen molar-refractivity contribution in [2.24, 2.45) is 0 Å². The summed E-state index contributed by atoms with van der Waals surface area (Å²) in [4.78, 5) is 16.4. The Balaban J connectivity index is 1.37. The van der Waals surface area contributed by atoms with Crippen LogP contribution in [0, 0.1) is 13.8 Å². The van der Waals surface area contributed by atoms with E-state index in [0.29, 0.717) is 44.3 Å². The molecule has 1 saturated heterocycles. The van der Waals surface area contributed by atoms with Gasteiger partial charge < -0.3 is 23.7 Å². The lowest BCUT2D eigenvalue weighted by Crippen LogP contribution is -2.49. The highest BCUT2D eigenvalue weighted by atomic mass is 16.7. The van der Waals surface area contributed by atoms with Gasteiger partial charge in [-0.2, -0.15) is 0 Å². The first kappa shape index (κ1) is 22.0. The summed E-state index contributed by atoms with van der Waals surface area (Å²) < 4.78 is 22.7. The zero-order chi connectivity index (χ0) is 22.6. The van der Waals surface area contributed by atoms with Crippen LogP contribution in [0.2, 0.25) is 0 Å². The fourth-order valence-electron chi connectivity index (χ4n) is 3.71. The Bertz CT molecular complexity index is 1070. The molecule has 0 aliphatic carbocycles. The summed E-state index contributed by atoms with van der Waals surface area (Å²) in [6.07, 6.45) is 1.46. The molecular weight excluding hydrogens is 410 g/mol. The molecule has 1 fully saturated rings. The number of aromatic nitrogens is 1. The van der Waals surface area contributed by atoms with Crippen molar-refractivity contribution >= 4 is 5.97 Å². The van der Waals surface area contributed by atoms with Gasteiger partial charge >= 0.3 is 5.97 Å². The number of aliphatic carboxylic acids is 1. The first-order valence-electron chi connectivity index (χ1n) is 10.7. The molecule has 0 amide bonds. The van der Waals surface area contributed by atoms with Crippen LogP contribution in [0.15, 0.2) is 52.9 Å². The number of rotatable bonds is 8. The number of hydrogen-bond acceptors (Lipinski definition) is 6. The largest absolute Gasteiger partial charge is 0.493 e. The van der Waals surface area contributed by atoms with Crippen LogP contribution in [-0.2, 0) is 27.1 Å². The van der Waals surface area contributed by atoms with Gasteiger partial charge in [-0.3, -0.25) is 0 Å². The number of nitrogens with zero attached hydrogens (tertiary/aromatic N) is 1. The van der Waals surface area contributed by atoms with Crippen LogP contribution in [0.25, 0.3) is 11.5 Å². The number of benzene rings is 2. The van der Waals surface area contributed by atoms with Crippen LogP contribution < -0.4 is 4.74 Å². The molecule has 1 aromatic heterocycles. The molecular formula is C25H27NO6. The number of carbonyl (C=O) groups is 1. The van der Waals surface area contributed by atoms with Gasteiger partial charge in [0.25, 0.3) is 5.79 Å². The van der Waals surface area contributed by atoms with E-state index in [4.69, 9.17) is 18.6 Å². The van der Waals surface area contributed by atoms with Crippen LogP contribution in [0.1, 0.15) is 29.0 Å². The van der Waals surface area contributed by atoms with Crippen LogP contribution in [0.4, 0.5) is 0 Å².